The fourth-order valence-corrected chi connectivity index (χ4v) is 3.26. The predicted octanol–water partition coefficient (Wildman–Crippen LogP) is 5.19. The van der Waals surface area contributed by atoms with Gasteiger partial charge in [0.05, 0.1) is 14.9 Å². The van der Waals surface area contributed by atoms with Gasteiger partial charge in [-0.05, 0) is 31.2 Å². The fraction of sp³-hybridized carbons (Fsp3) is 0.0526. The van der Waals surface area contributed by atoms with E-state index in [0.717, 1.165) is 5.56 Å². The molecule has 1 amide bonds. The summed E-state index contributed by atoms with van der Waals surface area (Å²) in [4.78, 5) is 25.6. The standard InChI is InChI=1S/C19H14ClNO2S/c1-12-7-8-15(21-19(23)16-9-10-17(20)24-16)14(11-12)18(22)13-5-3-2-4-6-13/h2-11H,1H3,(H,21,23). The zero-order valence-corrected chi connectivity index (χ0v) is 14.4. The molecular formula is C19H14ClNO2S. The molecular weight excluding hydrogens is 342 g/mol. The van der Waals surface area contributed by atoms with Gasteiger partial charge in [-0.15, -0.1) is 11.3 Å². The zero-order valence-electron chi connectivity index (χ0n) is 12.9. The van der Waals surface area contributed by atoms with E-state index < -0.39 is 0 Å². The second-order valence-electron chi connectivity index (χ2n) is 5.30. The number of thiophene rings is 1. The van der Waals surface area contributed by atoms with E-state index in [9.17, 15) is 9.59 Å². The number of anilines is 1. The van der Waals surface area contributed by atoms with E-state index >= 15 is 0 Å². The van der Waals surface area contributed by atoms with Crippen LogP contribution in [0.25, 0.3) is 0 Å². The summed E-state index contributed by atoms with van der Waals surface area (Å²) in [7, 11) is 0. The lowest BCUT2D eigenvalue weighted by molar-refractivity contribution is 0.103. The van der Waals surface area contributed by atoms with Crippen LogP contribution in [0.3, 0.4) is 0 Å². The van der Waals surface area contributed by atoms with Crippen LogP contribution >= 0.6 is 22.9 Å². The van der Waals surface area contributed by atoms with Crippen molar-refractivity contribution in [2.24, 2.45) is 0 Å². The third-order valence-corrected chi connectivity index (χ3v) is 4.73. The van der Waals surface area contributed by atoms with E-state index in [4.69, 9.17) is 11.6 Å². The van der Waals surface area contributed by atoms with E-state index in [1.807, 2.05) is 31.2 Å². The van der Waals surface area contributed by atoms with Crippen molar-refractivity contribution in [1.82, 2.24) is 0 Å². The van der Waals surface area contributed by atoms with Gasteiger partial charge in [0, 0.05) is 11.1 Å². The number of halogens is 1. The first-order valence-corrected chi connectivity index (χ1v) is 8.51. The highest BCUT2D eigenvalue weighted by Gasteiger charge is 2.17. The monoisotopic (exact) mass is 355 g/mol. The first kappa shape index (κ1) is 16.4. The molecule has 1 heterocycles. The molecule has 0 aliphatic carbocycles. The normalized spacial score (nSPS) is 10.4. The van der Waals surface area contributed by atoms with Crippen molar-refractivity contribution in [3.05, 3.63) is 86.6 Å². The summed E-state index contributed by atoms with van der Waals surface area (Å²) in [5.41, 5.74) is 2.49. The van der Waals surface area contributed by atoms with Crippen LogP contribution < -0.4 is 5.32 Å². The quantitative estimate of drug-likeness (QED) is 0.654. The van der Waals surface area contributed by atoms with Crippen LogP contribution in [0.15, 0.2) is 60.7 Å². The Balaban J connectivity index is 1.94. The Labute approximate surface area is 148 Å². The molecule has 0 saturated carbocycles. The lowest BCUT2D eigenvalue weighted by atomic mass is 9.99. The maximum absolute atomic E-state index is 12.8. The van der Waals surface area contributed by atoms with Gasteiger partial charge in [-0.3, -0.25) is 9.59 Å². The molecule has 0 fully saturated rings. The summed E-state index contributed by atoms with van der Waals surface area (Å²) in [5, 5.41) is 2.81. The van der Waals surface area contributed by atoms with Crippen LogP contribution in [-0.4, -0.2) is 11.7 Å². The predicted molar refractivity (Wildman–Crippen MR) is 98.3 cm³/mol. The molecule has 0 unspecified atom stereocenters. The molecule has 0 radical (unpaired) electrons. The van der Waals surface area contributed by atoms with Gasteiger partial charge in [0.15, 0.2) is 5.78 Å². The summed E-state index contributed by atoms with van der Waals surface area (Å²) in [6.07, 6.45) is 0. The van der Waals surface area contributed by atoms with Crippen LogP contribution in [0.1, 0.15) is 31.2 Å². The fourth-order valence-electron chi connectivity index (χ4n) is 2.32. The Morgan fingerprint density at radius 3 is 2.42 bits per heavy atom. The molecule has 3 rings (SSSR count). The van der Waals surface area contributed by atoms with E-state index in [0.29, 0.717) is 26.0 Å². The summed E-state index contributed by atoms with van der Waals surface area (Å²) in [6.45, 7) is 1.91. The molecule has 0 spiro atoms. The highest BCUT2D eigenvalue weighted by Crippen LogP contribution is 2.25. The molecule has 0 aliphatic rings. The number of aryl methyl sites for hydroxylation is 1. The average molecular weight is 356 g/mol. The summed E-state index contributed by atoms with van der Waals surface area (Å²) in [6, 6.07) is 17.7. The third kappa shape index (κ3) is 3.55. The largest absolute Gasteiger partial charge is 0.321 e. The molecule has 0 aliphatic heterocycles. The number of carbonyl (C=O) groups is 2. The second-order valence-corrected chi connectivity index (χ2v) is 7.02. The Morgan fingerprint density at radius 1 is 1.00 bits per heavy atom. The van der Waals surface area contributed by atoms with Gasteiger partial charge in [0.1, 0.15) is 0 Å². The Bertz CT molecular complexity index is 903. The molecule has 2 aromatic carbocycles. The van der Waals surface area contributed by atoms with Gasteiger partial charge < -0.3 is 5.32 Å². The van der Waals surface area contributed by atoms with Gasteiger partial charge >= 0.3 is 0 Å². The minimum atomic E-state index is -0.280. The van der Waals surface area contributed by atoms with Gasteiger partial charge in [0.25, 0.3) is 5.91 Å². The maximum Gasteiger partial charge on any atom is 0.265 e. The van der Waals surface area contributed by atoms with Crippen LogP contribution in [0.4, 0.5) is 5.69 Å². The molecule has 5 heteroatoms. The number of carbonyl (C=O) groups excluding carboxylic acids is 2. The van der Waals surface area contributed by atoms with Gasteiger partial charge in [-0.2, -0.15) is 0 Å². The Kier molecular flexibility index (Phi) is 4.79. The molecule has 0 atom stereocenters. The Hall–Kier alpha value is -2.43. The first-order chi connectivity index (χ1) is 11.5. The summed E-state index contributed by atoms with van der Waals surface area (Å²) >= 11 is 7.07. The van der Waals surface area contributed by atoms with E-state index in [1.165, 1.54) is 11.3 Å². The van der Waals surface area contributed by atoms with Gasteiger partial charge in [-0.25, -0.2) is 0 Å². The highest BCUT2D eigenvalue weighted by molar-refractivity contribution is 7.18. The average Bonchev–Trinajstić information content (AvgIpc) is 3.03. The van der Waals surface area contributed by atoms with E-state index in [2.05, 4.69) is 5.32 Å². The second kappa shape index (κ2) is 6.99. The van der Waals surface area contributed by atoms with Gasteiger partial charge in [0.2, 0.25) is 0 Å². The molecule has 3 nitrogen and oxygen atoms in total. The van der Waals surface area contributed by atoms with Crippen molar-refractivity contribution in [3.63, 3.8) is 0 Å². The minimum absolute atomic E-state index is 0.126. The smallest absolute Gasteiger partial charge is 0.265 e. The number of hydrogen-bond donors (Lipinski definition) is 1. The molecule has 0 saturated heterocycles. The van der Waals surface area contributed by atoms with Crippen molar-refractivity contribution >= 4 is 40.3 Å². The lowest BCUT2D eigenvalue weighted by Gasteiger charge is -2.11. The SMILES string of the molecule is Cc1ccc(NC(=O)c2ccc(Cl)s2)c(C(=O)c2ccccc2)c1. The molecule has 3 aromatic rings. The number of ketones is 1. The van der Waals surface area contributed by atoms with Crippen LogP contribution in [0, 0.1) is 6.92 Å². The van der Waals surface area contributed by atoms with Crippen LogP contribution in [-0.2, 0) is 0 Å². The molecule has 0 bridgehead atoms. The van der Waals surface area contributed by atoms with E-state index in [-0.39, 0.29) is 11.7 Å². The lowest BCUT2D eigenvalue weighted by Crippen LogP contribution is -2.14. The van der Waals surface area contributed by atoms with Gasteiger partial charge in [-0.1, -0.05) is 53.6 Å². The highest BCUT2D eigenvalue weighted by atomic mass is 35.5. The molecule has 1 aromatic heterocycles. The Morgan fingerprint density at radius 2 is 1.75 bits per heavy atom. The summed E-state index contributed by atoms with van der Waals surface area (Å²) < 4.78 is 0.546. The number of nitrogens with one attached hydrogen (secondary N) is 1. The number of hydrogen-bond acceptors (Lipinski definition) is 3. The number of rotatable bonds is 4. The minimum Gasteiger partial charge on any atom is -0.321 e. The molecule has 24 heavy (non-hydrogen) atoms. The number of benzene rings is 2. The van der Waals surface area contributed by atoms with Crippen LogP contribution in [0.2, 0.25) is 4.34 Å². The topological polar surface area (TPSA) is 46.2 Å². The summed E-state index contributed by atoms with van der Waals surface area (Å²) in [5.74, 6) is -0.406. The maximum atomic E-state index is 12.8. The number of amides is 1. The van der Waals surface area contributed by atoms with Crippen molar-refractivity contribution in [2.45, 2.75) is 6.92 Å². The molecule has 1 N–H and O–H groups in total. The van der Waals surface area contributed by atoms with E-state index in [1.54, 1.807) is 36.4 Å². The third-order valence-electron chi connectivity index (χ3n) is 3.50. The molecule has 120 valence electrons. The van der Waals surface area contributed by atoms with Crippen molar-refractivity contribution < 1.29 is 9.59 Å². The van der Waals surface area contributed by atoms with Crippen LogP contribution in [0.5, 0.6) is 0 Å². The van der Waals surface area contributed by atoms with Crippen molar-refractivity contribution in [1.29, 1.82) is 0 Å². The van der Waals surface area contributed by atoms with Crippen molar-refractivity contribution in [2.75, 3.05) is 5.32 Å². The first-order valence-electron chi connectivity index (χ1n) is 7.31. The van der Waals surface area contributed by atoms with Crippen molar-refractivity contribution in [3.8, 4) is 0 Å². The zero-order chi connectivity index (χ0) is 17.1.